The molecule has 0 saturated heterocycles. The van der Waals surface area contributed by atoms with Crippen LogP contribution in [0.3, 0.4) is 0 Å². The summed E-state index contributed by atoms with van der Waals surface area (Å²) in [5, 5.41) is 3.49. The van der Waals surface area contributed by atoms with Crippen LogP contribution in [0.5, 0.6) is 0 Å². The molecule has 1 aromatic heterocycles. The Bertz CT molecular complexity index is 536. The van der Waals surface area contributed by atoms with Gasteiger partial charge in [-0.05, 0) is 43.3 Å². The van der Waals surface area contributed by atoms with Gasteiger partial charge in [-0.3, -0.25) is 0 Å². The van der Waals surface area contributed by atoms with Crippen LogP contribution in [0.4, 0.5) is 0 Å². The van der Waals surface area contributed by atoms with Crippen molar-refractivity contribution in [3.8, 4) is 0 Å². The van der Waals surface area contributed by atoms with Crippen LogP contribution >= 0.6 is 31.9 Å². The van der Waals surface area contributed by atoms with Gasteiger partial charge in [-0.2, -0.15) is 0 Å². The predicted octanol–water partition coefficient (Wildman–Crippen LogP) is 4.81. The SMILES string of the molecule is CCNC(c1coc(C)c1)c1cc(Br)ccc1Br. The van der Waals surface area contributed by atoms with Gasteiger partial charge in [0.2, 0.25) is 0 Å². The number of benzene rings is 1. The zero-order valence-electron chi connectivity index (χ0n) is 10.3. The van der Waals surface area contributed by atoms with Crippen molar-refractivity contribution in [2.75, 3.05) is 6.54 Å². The molecule has 0 saturated carbocycles. The number of furan rings is 1. The van der Waals surface area contributed by atoms with Crippen LogP contribution in [0.1, 0.15) is 29.9 Å². The summed E-state index contributed by atoms with van der Waals surface area (Å²) in [6, 6.07) is 8.41. The molecule has 2 nitrogen and oxygen atoms in total. The summed E-state index contributed by atoms with van der Waals surface area (Å²) in [6.45, 7) is 4.96. The van der Waals surface area contributed by atoms with Crippen molar-refractivity contribution in [3.63, 3.8) is 0 Å². The van der Waals surface area contributed by atoms with E-state index in [-0.39, 0.29) is 6.04 Å². The molecular weight excluding hydrogens is 358 g/mol. The first-order valence-corrected chi connectivity index (χ1v) is 7.43. The molecular formula is C14H15Br2NO. The van der Waals surface area contributed by atoms with Gasteiger partial charge < -0.3 is 9.73 Å². The molecule has 0 aliphatic rings. The highest BCUT2D eigenvalue weighted by molar-refractivity contribution is 9.11. The maximum atomic E-state index is 5.42. The lowest BCUT2D eigenvalue weighted by Crippen LogP contribution is -2.21. The van der Waals surface area contributed by atoms with Crippen LogP contribution in [-0.4, -0.2) is 6.54 Å². The molecule has 2 rings (SSSR count). The fourth-order valence-electron chi connectivity index (χ4n) is 1.96. The minimum absolute atomic E-state index is 0.138. The number of hydrogen-bond donors (Lipinski definition) is 1. The monoisotopic (exact) mass is 371 g/mol. The van der Waals surface area contributed by atoms with Crippen LogP contribution in [0, 0.1) is 6.92 Å². The van der Waals surface area contributed by atoms with E-state index in [9.17, 15) is 0 Å². The highest BCUT2D eigenvalue weighted by Gasteiger charge is 2.17. The van der Waals surface area contributed by atoms with E-state index < -0.39 is 0 Å². The van der Waals surface area contributed by atoms with E-state index in [4.69, 9.17) is 4.42 Å². The Kier molecular flexibility index (Phi) is 4.65. The first-order valence-electron chi connectivity index (χ1n) is 5.85. The summed E-state index contributed by atoms with van der Waals surface area (Å²) in [5.74, 6) is 0.930. The molecule has 0 amide bonds. The molecule has 0 radical (unpaired) electrons. The van der Waals surface area contributed by atoms with Crippen LogP contribution in [-0.2, 0) is 0 Å². The first kappa shape index (κ1) is 13.8. The molecule has 1 heterocycles. The van der Waals surface area contributed by atoms with Crippen LogP contribution in [0.2, 0.25) is 0 Å². The second-order valence-corrected chi connectivity index (χ2v) is 5.92. The van der Waals surface area contributed by atoms with E-state index >= 15 is 0 Å². The van der Waals surface area contributed by atoms with Crippen LogP contribution in [0.15, 0.2) is 43.9 Å². The van der Waals surface area contributed by atoms with Gasteiger partial charge in [-0.1, -0.05) is 38.8 Å². The normalized spacial score (nSPS) is 12.7. The number of rotatable bonds is 4. The average Bonchev–Trinajstić information content (AvgIpc) is 2.76. The minimum atomic E-state index is 0.138. The third-order valence-electron chi connectivity index (χ3n) is 2.76. The Morgan fingerprint density at radius 1 is 1.28 bits per heavy atom. The number of hydrogen-bond acceptors (Lipinski definition) is 2. The third-order valence-corrected chi connectivity index (χ3v) is 3.98. The summed E-state index contributed by atoms with van der Waals surface area (Å²) >= 11 is 7.14. The standard InChI is InChI=1S/C14H15Br2NO/c1-3-17-14(10-6-9(2)18-8-10)12-7-11(15)4-5-13(12)16/h4-8,14,17H,3H2,1-2H3. The molecule has 0 aliphatic heterocycles. The van der Waals surface area contributed by atoms with Crippen LogP contribution < -0.4 is 5.32 Å². The fraction of sp³-hybridized carbons (Fsp3) is 0.286. The van der Waals surface area contributed by atoms with Crippen molar-refractivity contribution in [3.05, 3.63) is 56.4 Å². The number of aryl methyl sites for hydroxylation is 1. The van der Waals surface area contributed by atoms with E-state index in [1.54, 1.807) is 0 Å². The van der Waals surface area contributed by atoms with Crippen molar-refractivity contribution in [1.82, 2.24) is 5.32 Å². The summed E-state index contributed by atoms with van der Waals surface area (Å²) in [7, 11) is 0. The molecule has 0 bridgehead atoms. The third kappa shape index (κ3) is 3.05. The first-order chi connectivity index (χ1) is 8.61. The maximum Gasteiger partial charge on any atom is 0.101 e. The van der Waals surface area contributed by atoms with Gasteiger partial charge in [0.25, 0.3) is 0 Å². The Morgan fingerprint density at radius 3 is 2.67 bits per heavy atom. The van der Waals surface area contributed by atoms with E-state index in [1.807, 2.05) is 19.3 Å². The molecule has 1 unspecified atom stereocenters. The number of halogens is 2. The largest absolute Gasteiger partial charge is 0.469 e. The maximum absolute atomic E-state index is 5.42. The fourth-order valence-corrected chi connectivity index (χ4v) is 2.82. The quantitative estimate of drug-likeness (QED) is 0.832. The minimum Gasteiger partial charge on any atom is -0.469 e. The number of nitrogens with one attached hydrogen (secondary N) is 1. The summed E-state index contributed by atoms with van der Waals surface area (Å²) in [5.41, 5.74) is 2.35. The summed E-state index contributed by atoms with van der Waals surface area (Å²) < 4.78 is 7.58. The van der Waals surface area contributed by atoms with Gasteiger partial charge in [0, 0.05) is 14.5 Å². The Morgan fingerprint density at radius 2 is 2.06 bits per heavy atom. The summed E-state index contributed by atoms with van der Waals surface area (Å²) in [4.78, 5) is 0. The lowest BCUT2D eigenvalue weighted by atomic mass is 10.0. The second-order valence-electron chi connectivity index (χ2n) is 4.15. The lowest BCUT2D eigenvalue weighted by Gasteiger charge is -2.18. The highest BCUT2D eigenvalue weighted by atomic mass is 79.9. The predicted molar refractivity (Wildman–Crippen MR) is 80.8 cm³/mol. The molecule has 0 aliphatic carbocycles. The van der Waals surface area contributed by atoms with E-state index in [2.05, 4.69) is 62.3 Å². The molecule has 1 N–H and O–H groups in total. The topological polar surface area (TPSA) is 25.2 Å². The van der Waals surface area contributed by atoms with Crippen molar-refractivity contribution < 1.29 is 4.42 Å². The van der Waals surface area contributed by atoms with Gasteiger partial charge in [-0.15, -0.1) is 0 Å². The van der Waals surface area contributed by atoms with E-state index in [0.29, 0.717) is 0 Å². The molecule has 1 aromatic carbocycles. The Hall–Kier alpha value is -0.580. The molecule has 4 heteroatoms. The Labute approximate surface area is 124 Å². The molecule has 18 heavy (non-hydrogen) atoms. The van der Waals surface area contributed by atoms with Gasteiger partial charge in [-0.25, -0.2) is 0 Å². The molecule has 2 aromatic rings. The molecule has 0 spiro atoms. The molecule has 1 atom stereocenters. The van der Waals surface area contributed by atoms with Crippen molar-refractivity contribution >= 4 is 31.9 Å². The van der Waals surface area contributed by atoms with E-state index in [1.165, 1.54) is 5.56 Å². The van der Waals surface area contributed by atoms with Crippen LogP contribution in [0.25, 0.3) is 0 Å². The Balaban J connectivity index is 2.44. The van der Waals surface area contributed by atoms with E-state index in [0.717, 1.165) is 26.8 Å². The van der Waals surface area contributed by atoms with Crippen molar-refractivity contribution in [1.29, 1.82) is 0 Å². The second kappa shape index (κ2) is 6.04. The zero-order chi connectivity index (χ0) is 13.1. The van der Waals surface area contributed by atoms with Crippen molar-refractivity contribution in [2.24, 2.45) is 0 Å². The summed E-state index contributed by atoms with van der Waals surface area (Å²) in [6.07, 6.45) is 1.82. The van der Waals surface area contributed by atoms with Gasteiger partial charge >= 0.3 is 0 Å². The smallest absolute Gasteiger partial charge is 0.101 e. The van der Waals surface area contributed by atoms with Gasteiger partial charge in [0.15, 0.2) is 0 Å². The zero-order valence-corrected chi connectivity index (χ0v) is 13.5. The highest BCUT2D eigenvalue weighted by Crippen LogP contribution is 2.31. The average molecular weight is 373 g/mol. The van der Waals surface area contributed by atoms with Gasteiger partial charge in [0.05, 0.1) is 12.3 Å². The molecule has 96 valence electrons. The molecule has 0 fully saturated rings. The lowest BCUT2D eigenvalue weighted by molar-refractivity contribution is 0.525. The van der Waals surface area contributed by atoms with Crippen molar-refractivity contribution in [2.45, 2.75) is 19.9 Å². The van der Waals surface area contributed by atoms with Gasteiger partial charge in [0.1, 0.15) is 5.76 Å².